The third-order valence-corrected chi connectivity index (χ3v) is 8.59. The molecule has 10 nitrogen and oxygen atoms in total. The van der Waals surface area contributed by atoms with Crippen LogP contribution >= 0.6 is 0 Å². The molecule has 0 saturated carbocycles. The molecule has 1 amide bonds. The van der Waals surface area contributed by atoms with Crippen molar-refractivity contribution in [3.8, 4) is 17.6 Å². The van der Waals surface area contributed by atoms with E-state index in [0.29, 0.717) is 41.7 Å². The number of nitrogens with one attached hydrogen (secondary N) is 1. The number of hydrogen-bond donors (Lipinski definition) is 1. The Labute approximate surface area is 239 Å². The third kappa shape index (κ3) is 5.10. The number of fused-ring (bicyclic) bond motifs is 3. The van der Waals surface area contributed by atoms with Crippen LogP contribution in [0.5, 0.6) is 5.75 Å². The van der Waals surface area contributed by atoms with Crippen molar-refractivity contribution in [3.05, 3.63) is 77.0 Å². The molecule has 13 heteroatoms. The van der Waals surface area contributed by atoms with E-state index in [1.54, 1.807) is 25.4 Å². The average Bonchev–Trinajstić information content (AvgIpc) is 3.10. The molecule has 1 atom stereocenters. The number of carbonyl (C=O) groups excluding carboxylic acids is 1. The number of amides is 1. The Kier molecular flexibility index (Phi) is 7.17. The Morgan fingerprint density at radius 2 is 2.05 bits per heavy atom. The van der Waals surface area contributed by atoms with Gasteiger partial charge in [0.05, 0.1) is 42.4 Å². The smallest absolute Gasteiger partial charge is 0.251 e. The van der Waals surface area contributed by atoms with Gasteiger partial charge in [0.15, 0.2) is 11.6 Å². The zero-order chi connectivity index (χ0) is 29.4. The molecule has 0 bridgehead atoms. The highest BCUT2D eigenvalue weighted by atomic mass is 32.2. The first-order valence-electron chi connectivity index (χ1n) is 12.9. The predicted molar refractivity (Wildman–Crippen MR) is 148 cm³/mol. The van der Waals surface area contributed by atoms with Crippen molar-refractivity contribution >= 4 is 38.3 Å². The van der Waals surface area contributed by atoms with Crippen molar-refractivity contribution < 1.29 is 31.5 Å². The first-order chi connectivity index (χ1) is 20.2. The van der Waals surface area contributed by atoms with Crippen LogP contribution in [0, 0.1) is 17.7 Å². The van der Waals surface area contributed by atoms with Gasteiger partial charge in [0, 0.05) is 40.5 Å². The number of ether oxygens (including phenoxy) is 2. The van der Waals surface area contributed by atoms with Crippen LogP contribution in [0.4, 0.5) is 20.4 Å². The number of carbonyl (C=O) groups is 1. The maximum atomic E-state index is 14.7. The number of nitrogens with zero attached hydrogens (tertiary/aromatic N) is 4. The zero-order valence-electron chi connectivity index (χ0n) is 22.2. The number of hydrogen-bond acceptors (Lipinski definition) is 9. The highest BCUT2D eigenvalue weighted by Crippen LogP contribution is 2.35. The van der Waals surface area contributed by atoms with Crippen LogP contribution in [0.3, 0.4) is 0 Å². The van der Waals surface area contributed by atoms with Gasteiger partial charge in [0.25, 0.3) is 5.91 Å². The quantitative estimate of drug-likeness (QED) is 0.355. The van der Waals surface area contributed by atoms with E-state index in [0.717, 1.165) is 23.1 Å². The predicted octanol–water partition coefficient (Wildman–Crippen LogP) is 3.60. The van der Waals surface area contributed by atoms with Crippen molar-refractivity contribution in [2.45, 2.75) is 30.5 Å². The standard InChI is InChI=1S/C29H23F2N5O5S/c1-2-3-17-8-24-28(33-12-17)36(6-7-41-24)27-5-4-18-13-32-20(11-23(18)35-27)14-34-29(37)19-9-22(30)21-15-40-16-26(31)42(38,39)25(21)10-19/h4-5,8-13,26H,6-7,14-16H2,1H3,(H,34,37)/t26-/m1/s1. The van der Waals surface area contributed by atoms with Gasteiger partial charge in [0.2, 0.25) is 15.3 Å². The molecule has 4 aromatic rings. The number of halogens is 2. The minimum atomic E-state index is -4.52. The normalized spacial score (nSPS) is 17.2. The number of benzene rings is 1. The second-order valence-corrected chi connectivity index (χ2v) is 11.6. The molecule has 0 fully saturated rings. The lowest BCUT2D eigenvalue weighted by Crippen LogP contribution is -2.30. The van der Waals surface area contributed by atoms with Crippen molar-refractivity contribution in [1.29, 1.82) is 0 Å². The Morgan fingerprint density at radius 3 is 2.88 bits per heavy atom. The first kappa shape index (κ1) is 27.5. The minimum absolute atomic E-state index is 0.0514. The van der Waals surface area contributed by atoms with E-state index in [2.05, 4.69) is 27.1 Å². The lowest BCUT2D eigenvalue weighted by molar-refractivity contribution is 0.0938. The van der Waals surface area contributed by atoms with E-state index >= 15 is 0 Å². The maximum Gasteiger partial charge on any atom is 0.251 e. The number of aromatic nitrogens is 3. The molecule has 2 aliphatic rings. The van der Waals surface area contributed by atoms with Gasteiger partial charge in [-0.3, -0.25) is 9.78 Å². The van der Waals surface area contributed by atoms with Gasteiger partial charge in [-0.1, -0.05) is 5.92 Å². The van der Waals surface area contributed by atoms with E-state index in [-0.39, 0.29) is 17.7 Å². The fourth-order valence-electron chi connectivity index (χ4n) is 4.72. The second kappa shape index (κ2) is 11.0. The van der Waals surface area contributed by atoms with Gasteiger partial charge < -0.3 is 19.7 Å². The van der Waals surface area contributed by atoms with E-state index in [1.165, 1.54) is 0 Å². The number of sulfone groups is 1. The summed E-state index contributed by atoms with van der Waals surface area (Å²) in [6.45, 7) is 1.54. The van der Waals surface area contributed by atoms with E-state index < -0.39 is 45.2 Å². The lowest BCUT2D eigenvalue weighted by atomic mass is 10.1. The maximum absolute atomic E-state index is 14.7. The molecule has 0 radical (unpaired) electrons. The second-order valence-electron chi connectivity index (χ2n) is 9.55. The fraction of sp³-hybridized carbons (Fsp3) is 0.241. The summed E-state index contributed by atoms with van der Waals surface area (Å²) in [7, 11) is -4.52. The van der Waals surface area contributed by atoms with Gasteiger partial charge in [-0.05, 0) is 37.3 Å². The summed E-state index contributed by atoms with van der Waals surface area (Å²) in [5.74, 6) is 5.97. The van der Waals surface area contributed by atoms with Gasteiger partial charge in [-0.25, -0.2) is 27.2 Å². The van der Waals surface area contributed by atoms with Crippen molar-refractivity contribution in [3.63, 3.8) is 0 Å². The van der Waals surface area contributed by atoms with E-state index in [9.17, 15) is 22.0 Å². The molecule has 3 aromatic heterocycles. The summed E-state index contributed by atoms with van der Waals surface area (Å²) in [6.07, 6.45) is 3.29. The Bertz CT molecular complexity index is 1910. The van der Waals surface area contributed by atoms with Crippen LogP contribution < -0.4 is 15.0 Å². The molecular formula is C29H23F2N5O5S. The van der Waals surface area contributed by atoms with Gasteiger partial charge >= 0.3 is 0 Å². The molecule has 0 aliphatic carbocycles. The molecule has 1 N–H and O–H groups in total. The molecule has 0 spiro atoms. The van der Waals surface area contributed by atoms with Crippen LogP contribution in [0.15, 0.2) is 53.7 Å². The number of anilines is 2. The van der Waals surface area contributed by atoms with Crippen LogP contribution in [0.2, 0.25) is 0 Å². The van der Waals surface area contributed by atoms with E-state index in [1.807, 2.05) is 23.1 Å². The summed E-state index contributed by atoms with van der Waals surface area (Å²) in [5.41, 5.74) is -1.11. The highest BCUT2D eigenvalue weighted by molar-refractivity contribution is 7.92. The van der Waals surface area contributed by atoms with Gasteiger partial charge in [0.1, 0.15) is 18.2 Å². The van der Waals surface area contributed by atoms with Crippen LogP contribution in [0.1, 0.15) is 34.1 Å². The fourth-order valence-corrected chi connectivity index (χ4v) is 6.06. The summed E-state index contributed by atoms with van der Waals surface area (Å²) in [6, 6.07) is 9.15. The van der Waals surface area contributed by atoms with Crippen LogP contribution in [0.25, 0.3) is 10.9 Å². The van der Waals surface area contributed by atoms with Gasteiger partial charge in [-0.15, -0.1) is 5.92 Å². The lowest BCUT2D eigenvalue weighted by Gasteiger charge is -2.29. The Morgan fingerprint density at radius 1 is 1.19 bits per heavy atom. The van der Waals surface area contributed by atoms with E-state index in [4.69, 9.17) is 14.5 Å². The Hall–Kier alpha value is -4.67. The van der Waals surface area contributed by atoms with Crippen LogP contribution in [-0.4, -0.2) is 54.5 Å². The summed E-state index contributed by atoms with van der Waals surface area (Å²) in [4.78, 5) is 27.9. The Balaban J connectivity index is 1.23. The molecule has 214 valence electrons. The highest BCUT2D eigenvalue weighted by Gasteiger charge is 2.35. The molecular weight excluding hydrogens is 568 g/mol. The van der Waals surface area contributed by atoms with Crippen molar-refractivity contribution in [2.24, 2.45) is 0 Å². The number of rotatable bonds is 4. The molecule has 0 saturated heterocycles. The minimum Gasteiger partial charge on any atom is -0.488 e. The summed E-state index contributed by atoms with van der Waals surface area (Å²) < 4.78 is 64.7. The molecule has 6 rings (SSSR count). The van der Waals surface area contributed by atoms with Crippen molar-refractivity contribution in [2.75, 3.05) is 24.7 Å². The van der Waals surface area contributed by atoms with Crippen molar-refractivity contribution in [1.82, 2.24) is 20.3 Å². The topological polar surface area (TPSA) is 124 Å². The molecule has 42 heavy (non-hydrogen) atoms. The summed E-state index contributed by atoms with van der Waals surface area (Å²) >= 11 is 0. The molecule has 0 unspecified atom stereocenters. The average molecular weight is 592 g/mol. The SMILES string of the molecule is CC#Cc1cnc2c(c1)OCCN2c1ccc2cnc(CNC(=O)c3cc(F)c4c(c3)S(=O)(=O)[C@@H](F)COC4)cc2n1. The number of pyridine rings is 3. The third-order valence-electron chi connectivity index (χ3n) is 6.81. The van der Waals surface area contributed by atoms with Gasteiger partial charge in [-0.2, -0.15) is 0 Å². The molecule has 5 heterocycles. The largest absolute Gasteiger partial charge is 0.488 e. The molecule has 2 aliphatic heterocycles. The number of alkyl halides is 1. The first-order valence-corrected chi connectivity index (χ1v) is 14.4. The zero-order valence-corrected chi connectivity index (χ0v) is 23.0. The van der Waals surface area contributed by atoms with Crippen LogP contribution in [-0.2, 0) is 27.7 Å². The molecule has 1 aromatic carbocycles. The monoisotopic (exact) mass is 591 g/mol. The summed E-state index contributed by atoms with van der Waals surface area (Å²) in [5, 5.41) is 3.38.